The number of furan rings is 1. The lowest BCUT2D eigenvalue weighted by molar-refractivity contribution is 0.302. The van der Waals surface area contributed by atoms with E-state index < -0.39 is 25.1 Å². The second-order valence-electron chi connectivity index (χ2n) is 6.21. The van der Waals surface area contributed by atoms with Crippen LogP contribution in [0.5, 0.6) is 5.75 Å². The topological polar surface area (TPSA) is 93.9 Å². The van der Waals surface area contributed by atoms with Gasteiger partial charge in [-0.2, -0.15) is 4.31 Å². The first-order chi connectivity index (χ1) is 12.2. The van der Waals surface area contributed by atoms with Crippen molar-refractivity contribution in [2.24, 2.45) is 0 Å². The maximum absolute atomic E-state index is 12.9. The van der Waals surface area contributed by atoms with Crippen molar-refractivity contribution in [1.82, 2.24) is 4.31 Å². The molecular formula is C17H21NO6S2. The van der Waals surface area contributed by atoms with Crippen LogP contribution < -0.4 is 4.74 Å². The van der Waals surface area contributed by atoms with E-state index in [2.05, 4.69) is 0 Å². The van der Waals surface area contributed by atoms with Crippen LogP contribution >= 0.6 is 0 Å². The van der Waals surface area contributed by atoms with Gasteiger partial charge in [0, 0.05) is 13.1 Å². The Hall–Kier alpha value is -1.84. The van der Waals surface area contributed by atoms with E-state index in [4.69, 9.17) is 9.15 Å². The third-order valence-electron chi connectivity index (χ3n) is 4.26. The standard InChI is InChI=1S/C17H21NO6S2/c1-3-23-16-7-6-13(2)9-17(16)26(21,22)18-10-15(11-18)25(19,20)12-14-5-4-8-24-14/h4-9,15H,3,10-12H2,1-2H3. The van der Waals surface area contributed by atoms with Crippen molar-refractivity contribution in [1.29, 1.82) is 0 Å². The summed E-state index contributed by atoms with van der Waals surface area (Å²) in [6.07, 6.45) is 1.41. The fourth-order valence-electron chi connectivity index (χ4n) is 2.77. The molecule has 1 aliphatic rings. The predicted molar refractivity (Wildman–Crippen MR) is 96.2 cm³/mol. The lowest BCUT2D eigenvalue weighted by Gasteiger charge is -2.37. The van der Waals surface area contributed by atoms with E-state index in [1.165, 1.54) is 10.6 Å². The monoisotopic (exact) mass is 399 g/mol. The molecule has 0 bridgehead atoms. The molecule has 1 aliphatic heterocycles. The Kier molecular flexibility index (Phi) is 5.14. The van der Waals surface area contributed by atoms with Crippen LogP contribution in [0.15, 0.2) is 45.9 Å². The molecule has 9 heteroatoms. The Labute approximate surface area is 153 Å². The van der Waals surface area contributed by atoms with Crippen LogP contribution in [0.25, 0.3) is 0 Å². The second-order valence-corrected chi connectivity index (χ2v) is 10.4. The van der Waals surface area contributed by atoms with Crippen LogP contribution in [0.3, 0.4) is 0 Å². The summed E-state index contributed by atoms with van der Waals surface area (Å²) in [5, 5.41) is -0.734. The van der Waals surface area contributed by atoms with Crippen molar-refractivity contribution in [2.45, 2.75) is 29.7 Å². The van der Waals surface area contributed by atoms with Crippen molar-refractivity contribution >= 4 is 19.9 Å². The number of sulfone groups is 1. The minimum Gasteiger partial charge on any atom is -0.492 e. The molecule has 7 nitrogen and oxygen atoms in total. The van der Waals surface area contributed by atoms with Gasteiger partial charge in [-0.1, -0.05) is 6.07 Å². The van der Waals surface area contributed by atoms with Crippen molar-refractivity contribution < 1.29 is 26.0 Å². The van der Waals surface area contributed by atoms with Crippen molar-refractivity contribution in [3.05, 3.63) is 47.9 Å². The SMILES string of the molecule is CCOc1ccc(C)cc1S(=O)(=O)N1CC(S(=O)(=O)Cc2ccco2)C1. The number of aryl methyl sites for hydroxylation is 1. The Morgan fingerprint density at radius 2 is 1.92 bits per heavy atom. The molecule has 0 N–H and O–H groups in total. The Morgan fingerprint density at radius 3 is 2.54 bits per heavy atom. The van der Waals surface area contributed by atoms with Crippen LogP contribution in [0.4, 0.5) is 0 Å². The van der Waals surface area contributed by atoms with Gasteiger partial charge in [-0.3, -0.25) is 0 Å². The zero-order chi connectivity index (χ0) is 18.9. The van der Waals surface area contributed by atoms with Crippen LogP contribution in [-0.4, -0.2) is 46.1 Å². The van der Waals surface area contributed by atoms with E-state index in [9.17, 15) is 16.8 Å². The van der Waals surface area contributed by atoms with Gasteiger partial charge in [0.25, 0.3) is 0 Å². The molecule has 0 saturated carbocycles. The maximum atomic E-state index is 12.9. The predicted octanol–water partition coefficient (Wildman–Crippen LogP) is 1.97. The van der Waals surface area contributed by atoms with Gasteiger partial charge in [-0.25, -0.2) is 16.8 Å². The molecule has 2 aromatic rings. The number of benzene rings is 1. The summed E-state index contributed by atoms with van der Waals surface area (Å²) in [5.41, 5.74) is 0.787. The highest BCUT2D eigenvalue weighted by Gasteiger charge is 2.44. The molecule has 0 amide bonds. The minimum atomic E-state index is -3.81. The number of ether oxygens (including phenoxy) is 1. The van der Waals surface area contributed by atoms with Crippen molar-refractivity contribution in [3.8, 4) is 5.75 Å². The first kappa shape index (κ1) is 18.9. The highest BCUT2D eigenvalue weighted by molar-refractivity contribution is 7.92. The van der Waals surface area contributed by atoms with E-state index in [1.807, 2.05) is 0 Å². The summed E-state index contributed by atoms with van der Waals surface area (Å²) in [6, 6.07) is 8.15. The van der Waals surface area contributed by atoms with Crippen molar-refractivity contribution in [2.75, 3.05) is 19.7 Å². The van der Waals surface area contributed by atoms with Gasteiger partial charge < -0.3 is 9.15 Å². The maximum Gasteiger partial charge on any atom is 0.246 e. The number of nitrogens with zero attached hydrogens (tertiary/aromatic N) is 1. The summed E-state index contributed by atoms with van der Waals surface area (Å²) in [5.74, 6) is 0.399. The molecule has 0 unspecified atom stereocenters. The number of sulfonamides is 1. The molecule has 0 radical (unpaired) electrons. The Morgan fingerprint density at radius 1 is 1.19 bits per heavy atom. The van der Waals surface area contributed by atoms with Gasteiger partial charge in [0.15, 0.2) is 9.84 Å². The lowest BCUT2D eigenvalue weighted by atomic mass is 10.2. The van der Waals surface area contributed by atoms with Gasteiger partial charge in [0.05, 0.1) is 18.1 Å². The molecule has 1 aromatic carbocycles. The zero-order valence-electron chi connectivity index (χ0n) is 14.6. The second kappa shape index (κ2) is 7.05. The number of hydrogen-bond donors (Lipinski definition) is 0. The smallest absolute Gasteiger partial charge is 0.246 e. The van der Waals surface area contributed by atoms with Gasteiger partial charge >= 0.3 is 0 Å². The molecule has 26 heavy (non-hydrogen) atoms. The fraction of sp³-hybridized carbons (Fsp3) is 0.412. The summed E-state index contributed by atoms with van der Waals surface area (Å²) in [4.78, 5) is 0.0706. The lowest BCUT2D eigenvalue weighted by Crippen LogP contribution is -2.56. The van der Waals surface area contributed by atoms with Crippen molar-refractivity contribution in [3.63, 3.8) is 0 Å². The minimum absolute atomic E-state index is 0.0646. The van der Waals surface area contributed by atoms with Crippen LogP contribution in [0.1, 0.15) is 18.2 Å². The number of hydrogen-bond acceptors (Lipinski definition) is 6. The Balaban J connectivity index is 1.77. The molecular weight excluding hydrogens is 378 g/mol. The quantitative estimate of drug-likeness (QED) is 0.707. The summed E-state index contributed by atoms with van der Waals surface area (Å²) in [7, 11) is -7.29. The van der Waals surface area contributed by atoms with Gasteiger partial charge in [-0.15, -0.1) is 0 Å². The van der Waals surface area contributed by atoms with Crippen LogP contribution in [0.2, 0.25) is 0 Å². The normalized spacial score (nSPS) is 16.4. The van der Waals surface area contributed by atoms with E-state index in [0.717, 1.165) is 5.56 Å². The average molecular weight is 399 g/mol. The molecule has 0 spiro atoms. The molecule has 2 heterocycles. The molecule has 0 aliphatic carbocycles. The fourth-order valence-corrected chi connectivity index (χ4v) is 6.31. The van der Waals surface area contributed by atoms with Crippen LogP contribution in [-0.2, 0) is 25.6 Å². The highest BCUT2D eigenvalue weighted by Crippen LogP contribution is 2.32. The Bertz CT molecular complexity index is 974. The molecule has 0 atom stereocenters. The summed E-state index contributed by atoms with van der Waals surface area (Å²) < 4.78 is 62.3. The van der Waals surface area contributed by atoms with Gasteiger partial charge in [-0.05, 0) is 43.7 Å². The summed E-state index contributed by atoms with van der Waals surface area (Å²) in [6.45, 7) is 3.78. The first-order valence-corrected chi connectivity index (χ1v) is 11.4. The summed E-state index contributed by atoms with van der Waals surface area (Å²) >= 11 is 0. The van der Waals surface area contributed by atoms with Crippen LogP contribution in [0, 0.1) is 6.92 Å². The van der Waals surface area contributed by atoms with E-state index >= 15 is 0 Å². The number of rotatable bonds is 7. The first-order valence-electron chi connectivity index (χ1n) is 8.21. The third-order valence-corrected chi connectivity index (χ3v) is 8.12. The highest BCUT2D eigenvalue weighted by atomic mass is 32.2. The average Bonchev–Trinajstić information content (AvgIpc) is 2.99. The molecule has 1 fully saturated rings. The van der Waals surface area contributed by atoms with E-state index in [0.29, 0.717) is 12.4 Å². The van der Waals surface area contributed by atoms with E-state index in [-0.39, 0.29) is 29.5 Å². The largest absolute Gasteiger partial charge is 0.492 e. The zero-order valence-corrected chi connectivity index (χ0v) is 16.2. The molecule has 1 saturated heterocycles. The van der Waals surface area contributed by atoms with Gasteiger partial charge in [0.1, 0.15) is 22.2 Å². The molecule has 142 valence electrons. The van der Waals surface area contributed by atoms with Gasteiger partial charge in [0.2, 0.25) is 10.0 Å². The molecule has 3 rings (SSSR count). The third kappa shape index (κ3) is 3.65. The van der Waals surface area contributed by atoms with E-state index in [1.54, 1.807) is 44.2 Å². The molecule has 1 aromatic heterocycles.